The molecule has 3 aliphatic heterocycles. The predicted molar refractivity (Wildman–Crippen MR) is 116 cm³/mol. The van der Waals surface area contributed by atoms with Crippen molar-refractivity contribution in [2.45, 2.75) is 113 Å². The van der Waals surface area contributed by atoms with E-state index < -0.39 is 92.1 Å². The first kappa shape index (κ1) is 29.0. The van der Waals surface area contributed by atoms with Crippen LogP contribution < -0.4 is 0 Å². The smallest absolute Gasteiger partial charge is 0.187 e. The zero-order chi connectivity index (χ0) is 26.0. The van der Waals surface area contributed by atoms with Gasteiger partial charge in [-0.3, -0.25) is 0 Å². The van der Waals surface area contributed by atoms with Gasteiger partial charge in [0.1, 0.15) is 54.9 Å². The molecule has 0 aromatic heterocycles. The van der Waals surface area contributed by atoms with Crippen molar-refractivity contribution >= 4 is 0 Å². The fourth-order valence-corrected chi connectivity index (χ4v) is 4.91. The van der Waals surface area contributed by atoms with Crippen molar-refractivity contribution in [1.82, 2.24) is 0 Å². The molecule has 3 heterocycles. The maximum atomic E-state index is 11.1. The van der Waals surface area contributed by atoms with Gasteiger partial charge in [-0.25, -0.2) is 0 Å². The SMILES string of the molecule is CO[C@H]1[C@H](OC)[C@H](O[C@@H]2[C@@H](O)[C@H](C)O[C@@H](O[C@@H]3[C@@H](O)[C@H](C)O[C@@H](O)[C@@H]3OC)[C@@H]2O)O[C@@H](C)[C@H]1OC. The molecular weight excluding hydrogens is 472 g/mol. The van der Waals surface area contributed by atoms with Gasteiger partial charge in [-0.15, -0.1) is 0 Å². The molecule has 206 valence electrons. The first-order chi connectivity index (χ1) is 16.6. The Morgan fingerprint density at radius 1 is 0.457 bits per heavy atom. The highest BCUT2D eigenvalue weighted by molar-refractivity contribution is 4.96. The van der Waals surface area contributed by atoms with Crippen molar-refractivity contribution in [3.05, 3.63) is 0 Å². The number of hydrogen-bond acceptors (Lipinski definition) is 13. The van der Waals surface area contributed by atoms with E-state index in [9.17, 15) is 20.4 Å². The Kier molecular flexibility index (Phi) is 10.2. The van der Waals surface area contributed by atoms with Crippen LogP contribution >= 0.6 is 0 Å². The highest BCUT2D eigenvalue weighted by Gasteiger charge is 2.53. The lowest BCUT2D eigenvalue weighted by Gasteiger charge is -2.48. The van der Waals surface area contributed by atoms with E-state index in [4.69, 9.17) is 42.6 Å². The zero-order valence-electron chi connectivity index (χ0n) is 21.1. The minimum atomic E-state index is -1.50. The first-order valence-corrected chi connectivity index (χ1v) is 11.7. The van der Waals surface area contributed by atoms with Gasteiger partial charge < -0.3 is 63.1 Å². The normalized spacial score (nSPS) is 51.3. The maximum Gasteiger partial charge on any atom is 0.187 e. The summed E-state index contributed by atoms with van der Waals surface area (Å²) in [7, 11) is 5.85. The monoisotopic (exact) mass is 512 g/mol. The van der Waals surface area contributed by atoms with Crippen LogP contribution in [0.5, 0.6) is 0 Å². The van der Waals surface area contributed by atoms with Crippen molar-refractivity contribution in [3.8, 4) is 0 Å². The molecule has 13 nitrogen and oxygen atoms in total. The third-order valence-electron chi connectivity index (χ3n) is 6.96. The van der Waals surface area contributed by atoms with E-state index in [2.05, 4.69) is 0 Å². The Morgan fingerprint density at radius 2 is 0.943 bits per heavy atom. The molecule has 13 heteroatoms. The number of ether oxygens (including phenoxy) is 9. The molecule has 3 rings (SSSR count). The van der Waals surface area contributed by atoms with Crippen LogP contribution in [0.25, 0.3) is 0 Å². The second-order valence-electron chi connectivity index (χ2n) is 9.13. The molecule has 35 heavy (non-hydrogen) atoms. The molecular formula is C22H40O13. The quantitative estimate of drug-likeness (QED) is 0.286. The van der Waals surface area contributed by atoms with Crippen LogP contribution in [-0.4, -0.2) is 141 Å². The fraction of sp³-hybridized carbons (Fsp3) is 1.00. The summed E-state index contributed by atoms with van der Waals surface area (Å²) in [5, 5.41) is 42.7. The topological polar surface area (TPSA) is 164 Å². The Labute approximate surface area is 205 Å². The molecule has 0 bridgehead atoms. The van der Waals surface area contributed by atoms with Gasteiger partial charge in [0.05, 0.1) is 18.3 Å². The predicted octanol–water partition coefficient (Wildman–Crippen LogP) is -1.87. The Morgan fingerprint density at radius 3 is 1.51 bits per heavy atom. The molecule has 0 amide bonds. The van der Waals surface area contributed by atoms with E-state index in [1.807, 2.05) is 0 Å². The molecule has 0 saturated carbocycles. The van der Waals surface area contributed by atoms with Crippen LogP contribution in [0.2, 0.25) is 0 Å². The summed E-state index contributed by atoms with van der Waals surface area (Å²) in [6, 6.07) is 0. The van der Waals surface area contributed by atoms with Gasteiger partial charge >= 0.3 is 0 Å². The van der Waals surface area contributed by atoms with Crippen LogP contribution in [-0.2, 0) is 42.6 Å². The van der Waals surface area contributed by atoms with Gasteiger partial charge in [0.15, 0.2) is 18.9 Å². The molecule has 0 spiro atoms. The fourth-order valence-electron chi connectivity index (χ4n) is 4.91. The molecule has 15 atom stereocenters. The zero-order valence-corrected chi connectivity index (χ0v) is 21.1. The minimum absolute atomic E-state index is 0.432. The summed E-state index contributed by atoms with van der Waals surface area (Å²) in [6.45, 7) is 4.95. The van der Waals surface area contributed by atoms with Crippen LogP contribution in [0.4, 0.5) is 0 Å². The molecule has 0 aliphatic carbocycles. The molecule has 3 fully saturated rings. The second kappa shape index (κ2) is 12.3. The molecule has 3 saturated heterocycles. The Balaban J connectivity index is 1.79. The van der Waals surface area contributed by atoms with E-state index >= 15 is 0 Å². The Bertz CT molecular complexity index is 655. The summed E-state index contributed by atoms with van der Waals surface area (Å²) < 4.78 is 50.8. The van der Waals surface area contributed by atoms with Crippen molar-refractivity contribution < 1.29 is 63.1 Å². The number of aliphatic hydroxyl groups is 4. The van der Waals surface area contributed by atoms with Crippen LogP contribution in [0.1, 0.15) is 20.8 Å². The molecule has 4 N–H and O–H groups in total. The molecule has 0 radical (unpaired) electrons. The number of hydrogen-bond donors (Lipinski definition) is 4. The van der Waals surface area contributed by atoms with Gasteiger partial charge in [-0.2, -0.15) is 0 Å². The molecule has 0 aromatic carbocycles. The number of aliphatic hydroxyl groups excluding tert-OH is 4. The first-order valence-electron chi connectivity index (χ1n) is 11.7. The standard InChI is InChI=1S/C22H40O13/c1-8-12(24)16(18(29-6)20(26)31-8)35-21-13(25)15(11(23)9(2)32-21)34-22-19(30-7)17(28-5)14(27-4)10(3)33-22/h8-26H,1-7H3/t8-,9-,10-,11-,12-,13+,14+,15+,16+,17+,18+,19-,20+,21-,22-/m0/s1. The Hall–Kier alpha value is -0.520. The number of methoxy groups -OCH3 is 4. The molecule has 0 unspecified atom stereocenters. The maximum absolute atomic E-state index is 11.1. The van der Waals surface area contributed by atoms with E-state index in [-0.39, 0.29) is 0 Å². The lowest BCUT2D eigenvalue weighted by molar-refractivity contribution is -0.376. The summed E-state index contributed by atoms with van der Waals surface area (Å²) >= 11 is 0. The summed E-state index contributed by atoms with van der Waals surface area (Å²) in [6.07, 6.45) is -14.7. The second-order valence-corrected chi connectivity index (χ2v) is 9.13. The summed E-state index contributed by atoms with van der Waals surface area (Å²) in [5.74, 6) is 0. The average Bonchev–Trinajstić information content (AvgIpc) is 2.82. The highest BCUT2D eigenvalue weighted by Crippen LogP contribution is 2.34. The van der Waals surface area contributed by atoms with E-state index in [0.29, 0.717) is 0 Å². The largest absolute Gasteiger partial charge is 0.388 e. The van der Waals surface area contributed by atoms with E-state index in [1.54, 1.807) is 20.8 Å². The van der Waals surface area contributed by atoms with Gasteiger partial charge in [-0.1, -0.05) is 0 Å². The van der Waals surface area contributed by atoms with E-state index in [0.717, 1.165) is 0 Å². The highest BCUT2D eigenvalue weighted by atomic mass is 16.8. The third kappa shape index (κ3) is 5.82. The molecule has 0 aromatic rings. The minimum Gasteiger partial charge on any atom is -0.388 e. The van der Waals surface area contributed by atoms with Crippen LogP contribution in [0.15, 0.2) is 0 Å². The lowest BCUT2D eigenvalue weighted by Crippen LogP contribution is -2.66. The summed E-state index contributed by atoms with van der Waals surface area (Å²) in [5.41, 5.74) is 0. The summed E-state index contributed by atoms with van der Waals surface area (Å²) in [4.78, 5) is 0. The van der Waals surface area contributed by atoms with Crippen molar-refractivity contribution in [2.75, 3.05) is 28.4 Å². The lowest BCUT2D eigenvalue weighted by atomic mass is 9.96. The molecule has 3 aliphatic rings. The van der Waals surface area contributed by atoms with Gasteiger partial charge in [0, 0.05) is 28.4 Å². The van der Waals surface area contributed by atoms with E-state index in [1.165, 1.54) is 28.4 Å². The number of rotatable bonds is 8. The third-order valence-corrected chi connectivity index (χ3v) is 6.96. The van der Waals surface area contributed by atoms with Gasteiger partial charge in [-0.05, 0) is 20.8 Å². The van der Waals surface area contributed by atoms with Gasteiger partial charge in [0.25, 0.3) is 0 Å². The van der Waals surface area contributed by atoms with Crippen LogP contribution in [0.3, 0.4) is 0 Å². The van der Waals surface area contributed by atoms with Crippen molar-refractivity contribution in [3.63, 3.8) is 0 Å². The van der Waals surface area contributed by atoms with Crippen molar-refractivity contribution in [1.29, 1.82) is 0 Å². The van der Waals surface area contributed by atoms with Gasteiger partial charge in [0.2, 0.25) is 0 Å². The average molecular weight is 513 g/mol. The van der Waals surface area contributed by atoms with Crippen molar-refractivity contribution in [2.24, 2.45) is 0 Å². The van der Waals surface area contributed by atoms with Crippen LogP contribution in [0, 0.1) is 0 Å².